The normalized spacial score (nSPS) is 20.4. The highest BCUT2D eigenvalue weighted by Gasteiger charge is 2.16. The molecule has 2 atom stereocenters. The minimum absolute atomic E-state index is 0.336. The highest BCUT2D eigenvalue weighted by Crippen LogP contribution is 2.25. The monoisotopic (exact) mass is 285 g/mol. The van der Waals surface area contributed by atoms with Gasteiger partial charge in [0.2, 0.25) is 0 Å². The molecular weight excluding hydrogens is 262 g/mol. The van der Waals surface area contributed by atoms with Crippen molar-refractivity contribution in [1.82, 2.24) is 5.32 Å². The summed E-state index contributed by atoms with van der Waals surface area (Å²) in [5.41, 5.74) is 1.32. The van der Waals surface area contributed by atoms with E-state index in [2.05, 4.69) is 42.6 Å². The van der Waals surface area contributed by atoms with E-state index in [0.717, 1.165) is 25.4 Å². The topological polar surface area (TPSA) is 30.5 Å². The van der Waals surface area contributed by atoms with Crippen molar-refractivity contribution in [1.29, 1.82) is 0 Å². The van der Waals surface area contributed by atoms with E-state index < -0.39 is 0 Å². The van der Waals surface area contributed by atoms with Crippen molar-refractivity contribution in [3.63, 3.8) is 0 Å². The summed E-state index contributed by atoms with van der Waals surface area (Å²) in [6, 6.07) is 13.6. The third-order valence-electron chi connectivity index (χ3n) is 4.22. The van der Waals surface area contributed by atoms with Crippen molar-refractivity contribution in [2.75, 3.05) is 20.3 Å². The zero-order chi connectivity index (χ0) is 14.7. The Bertz CT molecular complexity index is 605. The molecule has 1 heterocycles. The van der Waals surface area contributed by atoms with Gasteiger partial charge in [-0.3, -0.25) is 0 Å². The zero-order valence-electron chi connectivity index (χ0n) is 12.8. The van der Waals surface area contributed by atoms with Gasteiger partial charge in [0.25, 0.3) is 0 Å². The molecule has 0 radical (unpaired) electrons. The molecule has 0 aliphatic carbocycles. The van der Waals surface area contributed by atoms with Crippen molar-refractivity contribution in [2.24, 2.45) is 0 Å². The average Bonchev–Trinajstić information content (AvgIpc) is 2.54. The number of ether oxygens (including phenoxy) is 2. The molecule has 1 saturated heterocycles. The van der Waals surface area contributed by atoms with Crippen LogP contribution in [0, 0.1) is 0 Å². The summed E-state index contributed by atoms with van der Waals surface area (Å²) in [6.45, 7) is 3.96. The molecule has 2 aromatic rings. The summed E-state index contributed by atoms with van der Waals surface area (Å²) >= 11 is 0. The predicted molar refractivity (Wildman–Crippen MR) is 85.9 cm³/mol. The highest BCUT2D eigenvalue weighted by atomic mass is 16.5. The van der Waals surface area contributed by atoms with Crippen LogP contribution in [0.2, 0.25) is 0 Å². The standard InChI is InChI=1S/C18H23NO2/c1-13(19-17-4-3-9-21-12-17)14-5-6-16-11-18(20-2)8-7-15(16)10-14/h5-8,10-11,13,17,19H,3-4,9,12H2,1-2H3. The lowest BCUT2D eigenvalue weighted by atomic mass is 10.0. The van der Waals surface area contributed by atoms with Crippen molar-refractivity contribution in [3.05, 3.63) is 42.0 Å². The molecule has 0 aromatic heterocycles. The van der Waals surface area contributed by atoms with Gasteiger partial charge in [0.15, 0.2) is 0 Å². The molecule has 1 fully saturated rings. The molecule has 3 nitrogen and oxygen atoms in total. The maximum absolute atomic E-state index is 5.54. The smallest absolute Gasteiger partial charge is 0.119 e. The Morgan fingerprint density at radius 3 is 2.76 bits per heavy atom. The zero-order valence-corrected chi connectivity index (χ0v) is 12.8. The maximum Gasteiger partial charge on any atom is 0.119 e. The fourth-order valence-electron chi connectivity index (χ4n) is 2.96. The van der Waals surface area contributed by atoms with Crippen LogP contribution < -0.4 is 10.1 Å². The van der Waals surface area contributed by atoms with Crippen LogP contribution in [0.1, 0.15) is 31.4 Å². The van der Waals surface area contributed by atoms with Crippen LogP contribution in [0.5, 0.6) is 5.75 Å². The number of hydrogen-bond acceptors (Lipinski definition) is 3. The molecule has 0 saturated carbocycles. The van der Waals surface area contributed by atoms with E-state index in [1.807, 2.05) is 6.07 Å². The van der Waals surface area contributed by atoms with Gasteiger partial charge >= 0.3 is 0 Å². The van der Waals surface area contributed by atoms with Crippen molar-refractivity contribution in [2.45, 2.75) is 31.8 Å². The Kier molecular flexibility index (Phi) is 4.42. The number of nitrogens with one attached hydrogen (secondary N) is 1. The summed E-state index contributed by atoms with van der Waals surface area (Å²) < 4.78 is 10.8. The van der Waals surface area contributed by atoms with Crippen molar-refractivity contribution < 1.29 is 9.47 Å². The van der Waals surface area contributed by atoms with Gasteiger partial charge in [0.05, 0.1) is 13.7 Å². The summed E-state index contributed by atoms with van der Waals surface area (Å²) in [6.07, 6.45) is 2.36. The Hall–Kier alpha value is -1.58. The molecule has 0 spiro atoms. The first-order chi connectivity index (χ1) is 10.3. The van der Waals surface area contributed by atoms with Gasteiger partial charge in [-0.1, -0.05) is 18.2 Å². The van der Waals surface area contributed by atoms with Crippen LogP contribution in [-0.2, 0) is 4.74 Å². The minimum atomic E-state index is 0.336. The number of rotatable bonds is 4. The third kappa shape index (κ3) is 3.36. The molecule has 112 valence electrons. The summed E-state index contributed by atoms with van der Waals surface area (Å²) in [4.78, 5) is 0. The molecule has 2 unspecified atom stereocenters. The fraction of sp³-hybridized carbons (Fsp3) is 0.444. The molecule has 3 rings (SSSR count). The second-order valence-corrected chi connectivity index (χ2v) is 5.77. The number of hydrogen-bond donors (Lipinski definition) is 1. The molecule has 1 aliphatic heterocycles. The highest BCUT2D eigenvalue weighted by molar-refractivity contribution is 5.84. The summed E-state index contributed by atoms with van der Waals surface area (Å²) in [5, 5.41) is 6.14. The van der Waals surface area contributed by atoms with Crippen LogP contribution in [0.4, 0.5) is 0 Å². The quantitative estimate of drug-likeness (QED) is 0.929. The molecule has 0 amide bonds. The maximum atomic E-state index is 5.54. The largest absolute Gasteiger partial charge is 0.497 e. The van der Waals surface area contributed by atoms with Gasteiger partial charge in [-0.2, -0.15) is 0 Å². The first-order valence-corrected chi connectivity index (χ1v) is 7.68. The van der Waals surface area contributed by atoms with Crippen LogP contribution in [0.3, 0.4) is 0 Å². The lowest BCUT2D eigenvalue weighted by Gasteiger charge is -2.27. The molecular formula is C18H23NO2. The number of fused-ring (bicyclic) bond motifs is 1. The van der Waals surface area contributed by atoms with E-state index in [-0.39, 0.29) is 0 Å². The van der Waals surface area contributed by atoms with E-state index in [0.29, 0.717) is 12.1 Å². The van der Waals surface area contributed by atoms with Gasteiger partial charge in [0.1, 0.15) is 5.75 Å². The Morgan fingerprint density at radius 1 is 1.19 bits per heavy atom. The first kappa shape index (κ1) is 14.4. The molecule has 0 bridgehead atoms. The fourth-order valence-corrected chi connectivity index (χ4v) is 2.96. The van der Waals surface area contributed by atoms with E-state index in [1.165, 1.54) is 22.8 Å². The molecule has 2 aromatic carbocycles. The van der Waals surface area contributed by atoms with Crippen LogP contribution in [-0.4, -0.2) is 26.4 Å². The van der Waals surface area contributed by atoms with Crippen molar-refractivity contribution in [3.8, 4) is 5.75 Å². The van der Waals surface area contributed by atoms with E-state index in [4.69, 9.17) is 9.47 Å². The average molecular weight is 285 g/mol. The number of benzene rings is 2. The predicted octanol–water partition coefficient (Wildman–Crippen LogP) is 3.68. The first-order valence-electron chi connectivity index (χ1n) is 7.68. The summed E-state index contributed by atoms with van der Waals surface area (Å²) in [7, 11) is 1.70. The van der Waals surface area contributed by atoms with Crippen LogP contribution >= 0.6 is 0 Å². The van der Waals surface area contributed by atoms with Crippen LogP contribution in [0.15, 0.2) is 36.4 Å². The van der Waals surface area contributed by atoms with Gasteiger partial charge in [-0.05, 0) is 54.3 Å². The van der Waals surface area contributed by atoms with Crippen LogP contribution in [0.25, 0.3) is 10.8 Å². The Labute approximate surface area is 126 Å². The van der Waals surface area contributed by atoms with Crippen molar-refractivity contribution >= 4 is 10.8 Å². The van der Waals surface area contributed by atoms with E-state index in [1.54, 1.807) is 7.11 Å². The SMILES string of the molecule is COc1ccc2cc(C(C)NC3CCCOC3)ccc2c1. The second-order valence-electron chi connectivity index (χ2n) is 5.77. The molecule has 21 heavy (non-hydrogen) atoms. The van der Waals surface area contributed by atoms with Gasteiger partial charge in [0, 0.05) is 18.7 Å². The molecule has 1 aliphatic rings. The molecule has 1 N–H and O–H groups in total. The van der Waals surface area contributed by atoms with Gasteiger partial charge in [-0.25, -0.2) is 0 Å². The summed E-state index contributed by atoms with van der Waals surface area (Å²) in [5.74, 6) is 0.903. The Balaban J connectivity index is 1.76. The van der Waals surface area contributed by atoms with Gasteiger partial charge in [-0.15, -0.1) is 0 Å². The van der Waals surface area contributed by atoms with Gasteiger partial charge < -0.3 is 14.8 Å². The number of methoxy groups -OCH3 is 1. The Morgan fingerprint density at radius 2 is 2.00 bits per heavy atom. The minimum Gasteiger partial charge on any atom is -0.497 e. The lowest BCUT2D eigenvalue weighted by molar-refractivity contribution is 0.0671. The second kappa shape index (κ2) is 6.46. The molecule has 3 heteroatoms. The van der Waals surface area contributed by atoms with E-state index in [9.17, 15) is 0 Å². The lowest BCUT2D eigenvalue weighted by Crippen LogP contribution is -2.38. The third-order valence-corrected chi connectivity index (χ3v) is 4.22. The van der Waals surface area contributed by atoms with E-state index >= 15 is 0 Å².